The number of aliphatic hydroxyl groups is 1. The SMILES string of the molecule is CCCCC/C=C\CCCOC(=O)CCCN(CCO)CCCN(CCCC(=O)OCCC/C=C\CCCCC)CCCC(=O)OCCC/C=C\CCCCC. The van der Waals surface area contributed by atoms with Crippen LogP contribution >= 0.6 is 0 Å². The molecular weight excluding hydrogens is 705 g/mol. The third kappa shape index (κ3) is 39.7. The van der Waals surface area contributed by atoms with Crippen molar-refractivity contribution in [2.24, 2.45) is 0 Å². The summed E-state index contributed by atoms with van der Waals surface area (Å²) < 4.78 is 16.4. The number of unbranched alkanes of at least 4 members (excludes halogenated alkanes) is 12. The number of ether oxygens (including phenoxy) is 3. The maximum atomic E-state index is 12.4. The second-order valence-corrected chi connectivity index (χ2v) is 15.1. The van der Waals surface area contributed by atoms with E-state index in [-0.39, 0.29) is 24.5 Å². The molecule has 56 heavy (non-hydrogen) atoms. The van der Waals surface area contributed by atoms with Gasteiger partial charge in [-0.1, -0.05) is 95.8 Å². The van der Waals surface area contributed by atoms with Crippen molar-refractivity contribution in [1.82, 2.24) is 9.80 Å². The van der Waals surface area contributed by atoms with Crippen LogP contribution in [0.2, 0.25) is 0 Å². The molecule has 0 rings (SSSR count). The topological polar surface area (TPSA) is 106 Å². The Balaban J connectivity index is 4.64. The summed E-state index contributed by atoms with van der Waals surface area (Å²) in [4.78, 5) is 41.7. The summed E-state index contributed by atoms with van der Waals surface area (Å²) in [5.74, 6) is -0.467. The van der Waals surface area contributed by atoms with Crippen LogP contribution in [-0.4, -0.2) is 98.5 Å². The molecule has 0 spiro atoms. The lowest BCUT2D eigenvalue weighted by Gasteiger charge is -2.25. The zero-order valence-electron chi connectivity index (χ0n) is 36.5. The fourth-order valence-corrected chi connectivity index (χ4v) is 6.29. The minimum Gasteiger partial charge on any atom is -0.466 e. The summed E-state index contributed by atoms with van der Waals surface area (Å²) in [5.41, 5.74) is 0. The van der Waals surface area contributed by atoms with E-state index in [2.05, 4.69) is 67.0 Å². The molecule has 9 heteroatoms. The van der Waals surface area contributed by atoms with E-state index < -0.39 is 0 Å². The highest BCUT2D eigenvalue weighted by atomic mass is 16.5. The van der Waals surface area contributed by atoms with Crippen LogP contribution in [-0.2, 0) is 28.6 Å². The maximum absolute atomic E-state index is 12.4. The van der Waals surface area contributed by atoms with Gasteiger partial charge in [-0.05, 0) is 135 Å². The minimum absolute atomic E-state index is 0.0643. The second-order valence-electron chi connectivity index (χ2n) is 15.1. The summed E-state index contributed by atoms with van der Waals surface area (Å²) >= 11 is 0. The number of hydrogen-bond acceptors (Lipinski definition) is 9. The van der Waals surface area contributed by atoms with Gasteiger partial charge < -0.3 is 29.1 Å². The lowest BCUT2D eigenvalue weighted by atomic mass is 10.2. The molecule has 9 nitrogen and oxygen atoms in total. The first kappa shape index (κ1) is 53.5. The molecule has 0 amide bonds. The van der Waals surface area contributed by atoms with Crippen LogP contribution in [0.4, 0.5) is 0 Å². The second kappa shape index (κ2) is 43.6. The van der Waals surface area contributed by atoms with Crippen molar-refractivity contribution < 1.29 is 33.7 Å². The Morgan fingerprint density at radius 3 is 0.982 bits per heavy atom. The number of hydrogen-bond donors (Lipinski definition) is 1. The number of rotatable bonds is 42. The molecule has 0 aromatic carbocycles. The van der Waals surface area contributed by atoms with Crippen molar-refractivity contribution in [3.05, 3.63) is 36.5 Å². The number of carbonyl (C=O) groups is 3. The van der Waals surface area contributed by atoms with Crippen LogP contribution in [0.25, 0.3) is 0 Å². The quantitative estimate of drug-likeness (QED) is 0.0280. The van der Waals surface area contributed by atoms with Gasteiger partial charge in [0.1, 0.15) is 0 Å². The first-order valence-electron chi connectivity index (χ1n) is 22.9. The Bertz CT molecular complexity index is 938. The Hall–Kier alpha value is -2.49. The number of esters is 3. The third-order valence-electron chi connectivity index (χ3n) is 9.69. The van der Waals surface area contributed by atoms with Crippen LogP contribution in [0.3, 0.4) is 0 Å². The highest BCUT2D eigenvalue weighted by Gasteiger charge is 2.12. The maximum Gasteiger partial charge on any atom is 0.305 e. The molecule has 0 fully saturated rings. The molecule has 0 bridgehead atoms. The van der Waals surface area contributed by atoms with Crippen LogP contribution in [0, 0.1) is 0 Å². The zero-order valence-corrected chi connectivity index (χ0v) is 36.5. The smallest absolute Gasteiger partial charge is 0.305 e. The number of nitrogens with zero attached hydrogens (tertiary/aromatic N) is 2. The number of allylic oxidation sites excluding steroid dienone is 6. The standard InChI is InChI=1S/C47H86N2O7/c1-4-7-10-13-16-19-22-25-42-54-45(51)32-28-35-48(36-29-33-46(52)55-43-26-23-20-17-14-11-8-5-2)38-31-39-49(40-41-50)37-30-34-47(53)56-44-27-24-21-18-15-12-9-6-3/h16-21,50H,4-15,22-44H2,1-3H3/b19-16-,20-17-,21-18-. The molecule has 0 aliphatic carbocycles. The molecule has 1 N–H and O–H groups in total. The van der Waals surface area contributed by atoms with Crippen LogP contribution in [0.15, 0.2) is 36.5 Å². The van der Waals surface area contributed by atoms with Crippen LogP contribution < -0.4 is 0 Å². The number of aliphatic hydroxyl groups excluding tert-OH is 1. The van der Waals surface area contributed by atoms with E-state index in [1.807, 2.05) is 0 Å². The van der Waals surface area contributed by atoms with Crippen molar-refractivity contribution in [3.8, 4) is 0 Å². The Kier molecular flexibility index (Phi) is 41.7. The summed E-state index contributed by atoms with van der Waals surface area (Å²) in [6, 6.07) is 0. The average Bonchev–Trinajstić information content (AvgIpc) is 3.18. The lowest BCUT2D eigenvalue weighted by molar-refractivity contribution is -0.144. The molecule has 0 aromatic rings. The van der Waals surface area contributed by atoms with Crippen molar-refractivity contribution in [3.63, 3.8) is 0 Å². The molecule has 0 heterocycles. The van der Waals surface area contributed by atoms with Gasteiger partial charge in [-0.25, -0.2) is 0 Å². The summed E-state index contributed by atoms with van der Waals surface area (Å²) in [5, 5.41) is 9.68. The third-order valence-corrected chi connectivity index (χ3v) is 9.69. The Morgan fingerprint density at radius 1 is 0.393 bits per heavy atom. The monoisotopic (exact) mass is 791 g/mol. The van der Waals surface area contributed by atoms with Gasteiger partial charge in [0.15, 0.2) is 0 Å². The average molecular weight is 791 g/mol. The van der Waals surface area contributed by atoms with Crippen molar-refractivity contribution in [2.45, 2.75) is 181 Å². The van der Waals surface area contributed by atoms with E-state index in [1.165, 1.54) is 57.8 Å². The summed E-state index contributed by atoms with van der Waals surface area (Å²) in [6.45, 7) is 12.4. The Morgan fingerprint density at radius 2 is 0.679 bits per heavy atom. The number of carbonyl (C=O) groups excluding carboxylic acids is 3. The van der Waals surface area contributed by atoms with Gasteiger partial charge in [-0.15, -0.1) is 0 Å². The van der Waals surface area contributed by atoms with E-state index in [9.17, 15) is 19.5 Å². The largest absolute Gasteiger partial charge is 0.466 e. The summed E-state index contributed by atoms with van der Waals surface area (Å²) in [7, 11) is 0. The molecule has 0 saturated carbocycles. The Labute approximate surface area is 344 Å². The highest BCUT2D eigenvalue weighted by molar-refractivity contribution is 5.70. The molecule has 0 aliphatic rings. The predicted octanol–water partition coefficient (Wildman–Crippen LogP) is 10.7. The molecule has 0 aliphatic heterocycles. The molecule has 0 saturated heterocycles. The van der Waals surface area contributed by atoms with Gasteiger partial charge in [0.05, 0.1) is 26.4 Å². The van der Waals surface area contributed by atoms with E-state index >= 15 is 0 Å². The van der Waals surface area contributed by atoms with Gasteiger partial charge >= 0.3 is 17.9 Å². The first-order chi connectivity index (χ1) is 27.5. The first-order valence-corrected chi connectivity index (χ1v) is 22.9. The lowest BCUT2D eigenvalue weighted by Crippen LogP contribution is -2.34. The van der Waals surface area contributed by atoms with Gasteiger partial charge in [-0.2, -0.15) is 0 Å². The van der Waals surface area contributed by atoms with E-state index in [4.69, 9.17) is 14.2 Å². The van der Waals surface area contributed by atoms with Crippen molar-refractivity contribution in [2.75, 3.05) is 65.7 Å². The van der Waals surface area contributed by atoms with Gasteiger partial charge in [0.25, 0.3) is 0 Å². The normalized spacial score (nSPS) is 11.9. The highest BCUT2D eigenvalue weighted by Crippen LogP contribution is 2.08. The zero-order chi connectivity index (χ0) is 41.0. The molecule has 0 atom stereocenters. The molecule has 0 unspecified atom stereocenters. The van der Waals surface area contributed by atoms with E-state index in [0.29, 0.717) is 64.9 Å². The predicted molar refractivity (Wildman–Crippen MR) is 233 cm³/mol. The van der Waals surface area contributed by atoms with Gasteiger partial charge in [-0.3, -0.25) is 14.4 Å². The van der Waals surface area contributed by atoms with Gasteiger partial charge in [0, 0.05) is 25.8 Å². The minimum atomic E-state index is -0.159. The molecular formula is C47H86N2O7. The van der Waals surface area contributed by atoms with Crippen molar-refractivity contribution >= 4 is 17.9 Å². The van der Waals surface area contributed by atoms with Crippen LogP contribution in [0.1, 0.15) is 181 Å². The van der Waals surface area contributed by atoms with E-state index in [1.54, 1.807) is 0 Å². The molecule has 0 aromatic heterocycles. The molecule has 0 radical (unpaired) electrons. The van der Waals surface area contributed by atoms with Gasteiger partial charge in [0.2, 0.25) is 0 Å². The van der Waals surface area contributed by atoms with E-state index in [0.717, 1.165) is 96.9 Å². The van der Waals surface area contributed by atoms with Crippen LogP contribution in [0.5, 0.6) is 0 Å². The molecule has 326 valence electrons. The fourth-order valence-electron chi connectivity index (χ4n) is 6.29. The fraction of sp³-hybridized carbons (Fsp3) is 0.809. The summed E-state index contributed by atoms with van der Waals surface area (Å²) in [6.07, 6.45) is 37.3. The van der Waals surface area contributed by atoms with Crippen molar-refractivity contribution in [1.29, 1.82) is 0 Å².